The van der Waals surface area contributed by atoms with Gasteiger partial charge in [-0.3, -0.25) is 14.5 Å². The largest absolute Gasteiger partial charge is 0.478 e. The molecule has 7 nitrogen and oxygen atoms in total. The molecule has 2 amide bonds. The van der Waals surface area contributed by atoms with Gasteiger partial charge in [0.2, 0.25) is 21.8 Å². The van der Waals surface area contributed by atoms with E-state index in [0.717, 1.165) is 17.0 Å². The van der Waals surface area contributed by atoms with Crippen LogP contribution < -0.4 is 9.46 Å². The molecule has 0 bridgehead atoms. The number of nitrogens with one attached hydrogen (secondary N) is 1. The van der Waals surface area contributed by atoms with Crippen LogP contribution in [0, 0.1) is 23.5 Å². The summed E-state index contributed by atoms with van der Waals surface area (Å²) in [5.41, 5.74) is 0. The Morgan fingerprint density at radius 3 is 2.52 bits per heavy atom. The van der Waals surface area contributed by atoms with Crippen molar-refractivity contribution in [1.82, 2.24) is 9.62 Å². The zero-order chi connectivity index (χ0) is 19.9. The van der Waals surface area contributed by atoms with Crippen LogP contribution in [0.5, 0.6) is 5.75 Å². The highest BCUT2D eigenvalue weighted by molar-refractivity contribution is 7.89. The summed E-state index contributed by atoms with van der Waals surface area (Å²) in [6.45, 7) is -0.617. The monoisotopic (exact) mass is 400 g/mol. The highest BCUT2D eigenvalue weighted by Gasteiger charge is 2.26. The Morgan fingerprint density at radius 2 is 1.85 bits per heavy atom. The number of ether oxygens (including phenoxy) is 1. The van der Waals surface area contributed by atoms with Gasteiger partial charge in [0.05, 0.1) is 12.3 Å². The normalized spacial score (nSPS) is 14.7. The van der Waals surface area contributed by atoms with Crippen LogP contribution in [0.15, 0.2) is 18.2 Å². The number of hydrogen-bond acceptors (Lipinski definition) is 5. The van der Waals surface area contributed by atoms with Crippen molar-refractivity contribution in [1.29, 1.82) is 0 Å². The number of rotatable bonds is 7. The SMILES string of the molecule is O=C1CCCC(=O)N1CCS(=O)(=O)NCC#CCOc1ccc(F)cc1F. The Kier molecular flexibility index (Phi) is 7.27. The maximum Gasteiger partial charge on any atom is 0.229 e. The number of likely N-dealkylation sites (tertiary alicyclic amines) is 1. The van der Waals surface area contributed by atoms with E-state index >= 15 is 0 Å². The average Bonchev–Trinajstić information content (AvgIpc) is 2.59. The number of benzene rings is 1. The predicted molar refractivity (Wildman–Crippen MR) is 92.0 cm³/mol. The van der Waals surface area contributed by atoms with E-state index in [0.29, 0.717) is 12.5 Å². The molecule has 1 N–H and O–H groups in total. The smallest absolute Gasteiger partial charge is 0.229 e. The Hall–Kier alpha value is -2.51. The molecule has 1 saturated heterocycles. The van der Waals surface area contributed by atoms with E-state index in [1.807, 2.05) is 0 Å². The number of carbonyl (C=O) groups excluding carboxylic acids is 2. The zero-order valence-corrected chi connectivity index (χ0v) is 15.2. The number of imide groups is 1. The van der Waals surface area contributed by atoms with Crippen molar-refractivity contribution in [2.45, 2.75) is 19.3 Å². The quantitative estimate of drug-likeness (QED) is 0.540. The third-order valence-electron chi connectivity index (χ3n) is 3.67. The second-order valence-corrected chi connectivity index (χ2v) is 7.58. The molecular weight excluding hydrogens is 382 g/mol. The maximum absolute atomic E-state index is 13.3. The van der Waals surface area contributed by atoms with Crippen molar-refractivity contribution >= 4 is 21.8 Å². The van der Waals surface area contributed by atoms with E-state index in [-0.39, 0.29) is 50.1 Å². The van der Waals surface area contributed by atoms with Gasteiger partial charge in [-0.15, -0.1) is 0 Å². The third-order valence-corrected chi connectivity index (χ3v) is 4.97. The lowest BCUT2D eigenvalue weighted by atomic mass is 10.1. The second-order valence-electron chi connectivity index (χ2n) is 5.65. The first-order chi connectivity index (χ1) is 12.8. The van der Waals surface area contributed by atoms with Crippen LogP contribution in [-0.2, 0) is 19.6 Å². The molecule has 1 fully saturated rings. The summed E-state index contributed by atoms with van der Waals surface area (Å²) in [6, 6.07) is 2.84. The minimum Gasteiger partial charge on any atom is -0.478 e. The van der Waals surface area contributed by atoms with Crippen LogP contribution in [0.2, 0.25) is 0 Å². The minimum absolute atomic E-state index is 0.165. The number of carbonyl (C=O) groups is 2. The number of hydrogen-bond donors (Lipinski definition) is 1. The molecule has 1 aliphatic heterocycles. The molecule has 0 radical (unpaired) electrons. The average molecular weight is 400 g/mol. The first-order valence-corrected chi connectivity index (χ1v) is 9.78. The lowest BCUT2D eigenvalue weighted by Crippen LogP contribution is -2.44. The third kappa shape index (κ3) is 6.62. The van der Waals surface area contributed by atoms with Gasteiger partial charge in [0.15, 0.2) is 11.6 Å². The van der Waals surface area contributed by atoms with Crippen LogP contribution in [0.1, 0.15) is 19.3 Å². The summed E-state index contributed by atoms with van der Waals surface area (Å²) in [6.07, 6.45) is 0.956. The molecule has 2 rings (SSSR count). The molecule has 1 aliphatic rings. The molecule has 0 atom stereocenters. The summed E-state index contributed by atoms with van der Waals surface area (Å²) < 4.78 is 57.0. The summed E-state index contributed by atoms with van der Waals surface area (Å²) in [7, 11) is -3.72. The maximum atomic E-state index is 13.3. The fourth-order valence-corrected chi connectivity index (χ4v) is 3.16. The van der Waals surface area contributed by atoms with Gasteiger partial charge in [-0.1, -0.05) is 11.8 Å². The Morgan fingerprint density at radius 1 is 1.15 bits per heavy atom. The molecule has 1 aromatic carbocycles. The fourth-order valence-electron chi connectivity index (χ4n) is 2.30. The molecule has 0 saturated carbocycles. The van der Waals surface area contributed by atoms with Crippen molar-refractivity contribution in [3.63, 3.8) is 0 Å². The van der Waals surface area contributed by atoms with Crippen LogP contribution in [0.4, 0.5) is 8.78 Å². The molecule has 1 heterocycles. The van der Waals surface area contributed by atoms with Gasteiger partial charge >= 0.3 is 0 Å². The lowest BCUT2D eigenvalue weighted by molar-refractivity contribution is -0.147. The van der Waals surface area contributed by atoms with Crippen LogP contribution in [0.25, 0.3) is 0 Å². The molecule has 27 heavy (non-hydrogen) atoms. The predicted octanol–water partition coefficient (Wildman–Crippen LogP) is 0.806. The first kappa shape index (κ1) is 20.8. The van der Waals surface area contributed by atoms with Crippen molar-refractivity contribution in [3.05, 3.63) is 29.8 Å². The molecule has 0 aliphatic carbocycles. The van der Waals surface area contributed by atoms with E-state index < -0.39 is 27.4 Å². The summed E-state index contributed by atoms with van der Waals surface area (Å²) in [4.78, 5) is 24.2. The van der Waals surface area contributed by atoms with Crippen molar-refractivity contribution in [3.8, 4) is 17.6 Å². The van der Waals surface area contributed by atoms with Crippen molar-refractivity contribution in [2.75, 3.05) is 25.4 Å². The molecule has 0 aromatic heterocycles. The van der Waals surface area contributed by atoms with E-state index in [1.165, 1.54) is 0 Å². The molecule has 0 spiro atoms. The van der Waals surface area contributed by atoms with Crippen LogP contribution in [-0.4, -0.2) is 50.6 Å². The van der Waals surface area contributed by atoms with Crippen molar-refractivity contribution < 1.29 is 31.5 Å². The molecule has 0 unspecified atom stereocenters. The number of nitrogens with zero attached hydrogens (tertiary/aromatic N) is 1. The minimum atomic E-state index is -3.72. The summed E-state index contributed by atoms with van der Waals surface area (Å²) >= 11 is 0. The van der Waals surface area contributed by atoms with E-state index in [4.69, 9.17) is 4.74 Å². The summed E-state index contributed by atoms with van der Waals surface area (Å²) in [5.74, 6) is 2.07. The topological polar surface area (TPSA) is 92.8 Å². The van der Waals surface area contributed by atoms with Gasteiger partial charge in [-0.25, -0.2) is 21.9 Å². The van der Waals surface area contributed by atoms with Gasteiger partial charge < -0.3 is 4.74 Å². The number of amides is 2. The fraction of sp³-hybridized carbons (Fsp3) is 0.412. The highest BCUT2D eigenvalue weighted by atomic mass is 32.2. The van der Waals surface area contributed by atoms with E-state index in [2.05, 4.69) is 16.6 Å². The lowest BCUT2D eigenvalue weighted by Gasteiger charge is -2.24. The van der Waals surface area contributed by atoms with Gasteiger partial charge in [-0.05, 0) is 18.6 Å². The van der Waals surface area contributed by atoms with Crippen LogP contribution >= 0.6 is 0 Å². The number of sulfonamides is 1. The Bertz CT molecular complexity index is 861. The van der Waals surface area contributed by atoms with Gasteiger partial charge in [-0.2, -0.15) is 0 Å². The van der Waals surface area contributed by atoms with E-state index in [1.54, 1.807) is 0 Å². The number of halogens is 2. The Balaban J connectivity index is 1.73. The highest BCUT2D eigenvalue weighted by Crippen LogP contribution is 2.17. The molecule has 10 heteroatoms. The van der Waals surface area contributed by atoms with Crippen molar-refractivity contribution in [2.24, 2.45) is 0 Å². The standard InChI is InChI=1S/C17H18F2N2O5S/c18-13-6-7-15(14(19)12-13)26-10-2-1-8-20-27(24,25)11-9-21-16(22)4-3-5-17(21)23/h6-7,12,20H,3-5,8-11H2. The molecule has 146 valence electrons. The number of piperidine rings is 1. The van der Waals surface area contributed by atoms with Crippen LogP contribution in [0.3, 0.4) is 0 Å². The zero-order valence-electron chi connectivity index (χ0n) is 14.3. The second kappa shape index (κ2) is 9.43. The Labute approximate surface area is 155 Å². The van der Waals surface area contributed by atoms with Gasteiger partial charge in [0, 0.05) is 25.5 Å². The van der Waals surface area contributed by atoms with E-state index in [9.17, 15) is 26.8 Å². The summed E-state index contributed by atoms with van der Waals surface area (Å²) in [5, 5.41) is 0. The first-order valence-electron chi connectivity index (χ1n) is 8.12. The van der Waals surface area contributed by atoms with Gasteiger partial charge in [0.1, 0.15) is 12.4 Å². The molecular formula is C17H18F2N2O5S. The molecule has 1 aromatic rings. The van der Waals surface area contributed by atoms with Gasteiger partial charge in [0.25, 0.3) is 0 Å².